The summed E-state index contributed by atoms with van der Waals surface area (Å²) in [5, 5.41) is 14.6. The summed E-state index contributed by atoms with van der Waals surface area (Å²) in [6, 6.07) is 1.71. The zero-order valence-electron chi connectivity index (χ0n) is 3.76. The maximum atomic E-state index is 7.50. The van der Waals surface area contributed by atoms with Crippen LogP contribution in [0.1, 0.15) is 0 Å². The molecule has 0 aromatic carbocycles. The summed E-state index contributed by atoms with van der Waals surface area (Å²) in [4.78, 5) is 0. The molecule has 4 heteroatoms. The van der Waals surface area contributed by atoms with Crippen LogP contribution in [0.5, 0.6) is 0 Å². The van der Waals surface area contributed by atoms with E-state index in [0.717, 1.165) is 0 Å². The van der Waals surface area contributed by atoms with Crippen LogP contribution in [0.4, 0.5) is 0 Å². The fourth-order valence-corrected chi connectivity index (χ4v) is 0. The van der Waals surface area contributed by atoms with E-state index in [0.29, 0.717) is 0 Å². The molecule has 4 N–H and O–H groups in total. The van der Waals surface area contributed by atoms with Crippen LogP contribution >= 0.6 is 0 Å². The Kier molecular flexibility index (Phi) is 28.8. The molecule has 0 spiro atoms. The van der Waals surface area contributed by atoms with Gasteiger partial charge in [-0.3, -0.25) is 0 Å². The largest absolute Gasteiger partial charge is 0.337 e. The highest BCUT2D eigenvalue weighted by molar-refractivity contribution is 4.67. The third-order valence-corrected chi connectivity index (χ3v) is 0.0913. The first-order valence-electron chi connectivity index (χ1n) is 1.50. The van der Waals surface area contributed by atoms with Crippen molar-refractivity contribution in [2.45, 2.75) is 0 Å². The van der Waals surface area contributed by atoms with E-state index in [9.17, 15) is 0 Å². The van der Waals surface area contributed by atoms with Gasteiger partial charge in [0, 0.05) is 0 Å². The number of nitrogens with zero attached hydrogens (tertiary/aromatic N) is 2. The molecule has 0 amide bonds. The lowest BCUT2D eigenvalue weighted by Gasteiger charge is -1.51. The van der Waals surface area contributed by atoms with Crippen molar-refractivity contribution < 1.29 is 0 Å². The van der Waals surface area contributed by atoms with E-state index in [-0.39, 0.29) is 6.54 Å². The van der Waals surface area contributed by atoms with E-state index < -0.39 is 0 Å². The van der Waals surface area contributed by atoms with Crippen LogP contribution in [-0.4, -0.2) is 6.54 Å². The quantitative estimate of drug-likeness (QED) is 0.228. The molecule has 38 valence electrons. The zero-order valence-corrected chi connectivity index (χ0v) is 3.76. The molecule has 4 nitrogen and oxygen atoms in total. The number of hydrogen-bond acceptors (Lipinski definition) is 4. The standard InChI is InChI=1S/C2H4N2.CH2N2/c3-1-2-4;2-1-3/h1,3H2;2H2. The number of nitriles is 2. The first-order chi connectivity index (χ1) is 3.33. The van der Waals surface area contributed by atoms with Gasteiger partial charge in [0.2, 0.25) is 0 Å². The Morgan fingerprint density at radius 3 is 1.57 bits per heavy atom. The van der Waals surface area contributed by atoms with Gasteiger partial charge in [-0.15, -0.1) is 0 Å². The molecule has 7 heavy (non-hydrogen) atoms. The topological polar surface area (TPSA) is 99.6 Å². The van der Waals surface area contributed by atoms with Crippen LogP contribution in [0.15, 0.2) is 0 Å². The van der Waals surface area contributed by atoms with Gasteiger partial charge in [-0.2, -0.15) is 10.5 Å². The van der Waals surface area contributed by atoms with Gasteiger partial charge in [-0.1, -0.05) is 0 Å². The average Bonchev–Trinajstić information content (AvgIpc) is 1.69. The first kappa shape index (κ1) is 9.22. The zero-order chi connectivity index (χ0) is 6.12. The molecule has 0 fully saturated rings. The van der Waals surface area contributed by atoms with Crippen LogP contribution < -0.4 is 11.5 Å². The van der Waals surface area contributed by atoms with Crippen LogP contribution in [0.2, 0.25) is 0 Å². The Morgan fingerprint density at radius 1 is 1.43 bits per heavy atom. The van der Waals surface area contributed by atoms with Gasteiger partial charge in [0.1, 0.15) is 0 Å². The summed E-state index contributed by atoms with van der Waals surface area (Å²) >= 11 is 0. The second-order valence-electron chi connectivity index (χ2n) is 0.491. The average molecular weight is 98.1 g/mol. The van der Waals surface area contributed by atoms with E-state index in [4.69, 9.17) is 10.5 Å². The SMILES string of the molecule is N#CCN.N#CN. The minimum absolute atomic E-state index is 0.125. The summed E-state index contributed by atoms with van der Waals surface area (Å²) < 4.78 is 0. The molecule has 0 radical (unpaired) electrons. The van der Waals surface area contributed by atoms with Crippen molar-refractivity contribution in [2.75, 3.05) is 6.54 Å². The Balaban J connectivity index is 0. The van der Waals surface area contributed by atoms with Crippen molar-refractivity contribution in [2.24, 2.45) is 11.5 Å². The minimum atomic E-state index is 0.125. The van der Waals surface area contributed by atoms with Gasteiger partial charge in [-0.05, 0) is 0 Å². The highest BCUT2D eigenvalue weighted by Gasteiger charge is 1.48. The molecule has 0 saturated carbocycles. The third-order valence-electron chi connectivity index (χ3n) is 0.0913. The highest BCUT2D eigenvalue weighted by atomic mass is 14.5. The summed E-state index contributed by atoms with van der Waals surface area (Å²) in [6.45, 7) is 0.125. The molecule has 0 heterocycles. The molecule has 0 aliphatic heterocycles. The van der Waals surface area contributed by atoms with Crippen LogP contribution in [0.25, 0.3) is 0 Å². The van der Waals surface area contributed by atoms with E-state index in [2.05, 4.69) is 11.5 Å². The van der Waals surface area contributed by atoms with Gasteiger partial charge in [-0.25, -0.2) is 0 Å². The number of nitrogens with two attached hydrogens (primary N) is 2. The lowest BCUT2D eigenvalue weighted by molar-refractivity contribution is 1.25. The molecular formula is C3H6N4. The van der Waals surface area contributed by atoms with Crippen molar-refractivity contribution in [3.05, 3.63) is 0 Å². The highest BCUT2D eigenvalue weighted by Crippen LogP contribution is 1.25. The summed E-state index contributed by atoms with van der Waals surface area (Å²) in [5.41, 5.74) is 8.82. The smallest absolute Gasteiger partial charge is 0.173 e. The first-order valence-corrected chi connectivity index (χ1v) is 1.50. The van der Waals surface area contributed by atoms with Crippen LogP contribution in [0.3, 0.4) is 0 Å². The van der Waals surface area contributed by atoms with Crippen molar-refractivity contribution in [1.82, 2.24) is 0 Å². The fourth-order valence-electron chi connectivity index (χ4n) is 0. The van der Waals surface area contributed by atoms with Crippen molar-refractivity contribution in [1.29, 1.82) is 10.5 Å². The maximum Gasteiger partial charge on any atom is 0.173 e. The van der Waals surface area contributed by atoms with Gasteiger partial charge in [0.15, 0.2) is 6.19 Å². The molecule has 0 saturated heterocycles. The third kappa shape index (κ3) is 526. The normalized spacial score (nSPS) is 3.86. The molecule has 0 aliphatic rings. The van der Waals surface area contributed by atoms with E-state index in [1.54, 1.807) is 6.07 Å². The second kappa shape index (κ2) is 21.9. The molecule has 0 aromatic rings. The molecule has 0 bridgehead atoms. The van der Waals surface area contributed by atoms with Crippen molar-refractivity contribution in [3.63, 3.8) is 0 Å². The summed E-state index contributed by atoms with van der Waals surface area (Å²) in [6.07, 6.45) is 1.25. The maximum absolute atomic E-state index is 7.50. The summed E-state index contributed by atoms with van der Waals surface area (Å²) in [5.74, 6) is 0. The molecule has 0 aliphatic carbocycles. The number of rotatable bonds is 0. The minimum Gasteiger partial charge on any atom is -0.337 e. The van der Waals surface area contributed by atoms with E-state index in [1.165, 1.54) is 6.19 Å². The van der Waals surface area contributed by atoms with Gasteiger partial charge >= 0.3 is 0 Å². The Hall–Kier alpha value is -1.26. The predicted octanol–water partition coefficient (Wildman–Crippen LogP) is -1.11. The Bertz CT molecular complexity index is 84.1. The molecule has 0 unspecified atom stereocenters. The van der Waals surface area contributed by atoms with E-state index >= 15 is 0 Å². The Morgan fingerprint density at radius 2 is 1.57 bits per heavy atom. The van der Waals surface area contributed by atoms with Crippen molar-refractivity contribution >= 4 is 0 Å². The lowest BCUT2D eigenvalue weighted by atomic mass is 10.8. The van der Waals surface area contributed by atoms with Crippen molar-refractivity contribution in [3.8, 4) is 12.3 Å². The second-order valence-corrected chi connectivity index (χ2v) is 0.491. The number of hydrogen-bond donors (Lipinski definition) is 2. The molecule has 0 atom stereocenters. The predicted molar refractivity (Wildman–Crippen MR) is 24.5 cm³/mol. The molecule has 0 rings (SSSR count). The monoisotopic (exact) mass is 98.1 g/mol. The van der Waals surface area contributed by atoms with E-state index in [1.807, 2.05) is 0 Å². The van der Waals surface area contributed by atoms with Gasteiger partial charge < -0.3 is 11.5 Å². The Labute approximate surface area is 41.9 Å². The molecular weight excluding hydrogens is 92.1 g/mol. The van der Waals surface area contributed by atoms with Crippen LogP contribution in [0, 0.1) is 22.8 Å². The summed E-state index contributed by atoms with van der Waals surface area (Å²) in [7, 11) is 0. The fraction of sp³-hybridized carbons (Fsp3) is 0.333. The lowest BCUT2D eigenvalue weighted by Crippen LogP contribution is -1.91. The van der Waals surface area contributed by atoms with Gasteiger partial charge in [0.05, 0.1) is 12.6 Å². The van der Waals surface area contributed by atoms with Gasteiger partial charge in [0.25, 0.3) is 0 Å². The van der Waals surface area contributed by atoms with Crippen LogP contribution in [-0.2, 0) is 0 Å². The molecule has 0 aromatic heterocycles.